The van der Waals surface area contributed by atoms with Gasteiger partial charge in [0.25, 0.3) is 0 Å². The summed E-state index contributed by atoms with van der Waals surface area (Å²) >= 11 is 0. The van der Waals surface area contributed by atoms with E-state index in [1.807, 2.05) is 0 Å². The molecular weight excluding hydrogens is 235 g/mol. The molecule has 1 aromatic carbocycles. The summed E-state index contributed by atoms with van der Waals surface area (Å²) in [4.78, 5) is 0. The molecule has 0 saturated carbocycles. The van der Waals surface area contributed by atoms with E-state index in [0.717, 1.165) is 17.7 Å². The van der Waals surface area contributed by atoms with Crippen molar-refractivity contribution in [1.29, 1.82) is 0 Å². The molecule has 0 saturated heterocycles. The van der Waals surface area contributed by atoms with Gasteiger partial charge in [-0.3, -0.25) is 0 Å². The Morgan fingerprint density at radius 1 is 1.29 bits per heavy atom. The second-order valence-corrected chi connectivity index (χ2v) is 3.85. The maximum atomic E-state index is 12.9. The van der Waals surface area contributed by atoms with Crippen LogP contribution in [0.3, 0.4) is 0 Å². The summed E-state index contributed by atoms with van der Waals surface area (Å²) in [7, 11) is 0. The molecule has 0 N–H and O–H groups in total. The van der Waals surface area contributed by atoms with Crippen LogP contribution in [0.4, 0.5) is 17.3 Å². The van der Waals surface area contributed by atoms with Crippen molar-refractivity contribution in [2.24, 2.45) is 0 Å². The van der Waals surface area contributed by atoms with Gasteiger partial charge >= 0.3 is 6.98 Å². The summed E-state index contributed by atoms with van der Waals surface area (Å²) < 4.78 is 55.6. The lowest BCUT2D eigenvalue weighted by Gasteiger charge is -2.19. The molecule has 0 bridgehead atoms. The lowest BCUT2D eigenvalue weighted by atomic mass is 9.79. The first kappa shape index (κ1) is 13.6. The van der Waals surface area contributed by atoms with Crippen molar-refractivity contribution >= 4 is 12.4 Å². The quantitative estimate of drug-likeness (QED) is 0.451. The first-order chi connectivity index (χ1) is 7.80. The Morgan fingerprint density at radius 3 is 2.47 bits per heavy atom. The second kappa shape index (κ2) is 5.25. The lowest BCUT2D eigenvalue weighted by molar-refractivity contribution is 0.359. The summed E-state index contributed by atoms with van der Waals surface area (Å²) in [5.41, 5.74) is 0.00836. The molecule has 0 aromatic heterocycles. The molecule has 1 aromatic rings. The Morgan fingerprint density at radius 2 is 1.94 bits per heavy atom. The van der Waals surface area contributed by atoms with Crippen LogP contribution < -0.4 is 10.2 Å². The lowest BCUT2D eigenvalue weighted by Crippen LogP contribution is -2.35. The normalized spacial score (nSPS) is 11.2. The number of hydrogen-bond acceptors (Lipinski definition) is 1. The van der Waals surface area contributed by atoms with E-state index >= 15 is 0 Å². The van der Waals surface area contributed by atoms with Gasteiger partial charge in [0.1, 0.15) is 12.4 Å². The van der Waals surface area contributed by atoms with Crippen LogP contribution in [-0.2, 0) is 0 Å². The minimum absolute atomic E-state index is 0.00898. The average molecular weight is 247 g/mol. The topological polar surface area (TPSA) is 9.23 Å². The Kier molecular flexibility index (Phi) is 4.20. The third-order valence-electron chi connectivity index (χ3n) is 2.06. The highest BCUT2D eigenvalue weighted by Gasteiger charge is 2.29. The number of benzene rings is 1. The van der Waals surface area contributed by atoms with Gasteiger partial charge in [0, 0.05) is 6.07 Å². The molecule has 1 rings (SSSR count). The zero-order valence-electron chi connectivity index (χ0n) is 9.51. The van der Waals surface area contributed by atoms with Crippen molar-refractivity contribution in [1.82, 2.24) is 0 Å². The van der Waals surface area contributed by atoms with Gasteiger partial charge in [-0.1, -0.05) is 17.1 Å². The van der Waals surface area contributed by atoms with E-state index in [4.69, 9.17) is 4.74 Å². The van der Waals surface area contributed by atoms with Gasteiger partial charge in [0.15, 0.2) is 0 Å². The minimum Gasteiger partial charge on any atom is -0.492 e. The number of allylic oxidation sites excluding steroid dienone is 1. The first-order valence-corrected chi connectivity index (χ1v) is 5.06. The highest BCUT2D eigenvalue weighted by Crippen LogP contribution is 2.19. The number of hydrogen-bond donors (Lipinski definition) is 0. The molecule has 1 nitrogen and oxygen atoms in total. The molecule has 0 fully saturated rings. The molecule has 0 unspecified atom stereocenters. The van der Waals surface area contributed by atoms with Crippen molar-refractivity contribution in [3.05, 3.63) is 35.7 Å². The van der Waals surface area contributed by atoms with Crippen molar-refractivity contribution in [3.8, 4) is 5.75 Å². The molecule has 0 amide bonds. The van der Waals surface area contributed by atoms with Crippen LogP contribution in [0.25, 0.3) is 0 Å². The third kappa shape index (κ3) is 4.13. The van der Waals surface area contributed by atoms with Crippen LogP contribution in [0.1, 0.15) is 13.8 Å². The van der Waals surface area contributed by atoms with Gasteiger partial charge in [-0.2, -0.15) is 0 Å². The van der Waals surface area contributed by atoms with Crippen molar-refractivity contribution in [2.45, 2.75) is 13.8 Å². The minimum atomic E-state index is -5.20. The summed E-state index contributed by atoms with van der Waals surface area (Å²) in [6.07, 6.45) is 1.62. The van der Waals surface area contributed by atoms with E-state index in [-0.39, 0.29) is 6.61 Å². The molecule has 0 aliphatic rings. The number of ether oxygens (including phenoxy) is 1. The summed E-state index contributed by atoms with van der Waals surface area (Å²) in [5.74, 6) is -1.21. The van der Waals surface area contributed by atoms with Crippen LogP contribution in [0, 0.1) is 5.82 Å². The SMILES string of the molecule is CC(C)=CCOc1cc(F)ccc1[B-](F)(F)F. The largest absolute Gasteiger partial charge is 0.513 e. The maximum Gasteiger partial charge on any atom is 0.513 e. The van der Waals surface area contributed by atoms with Crippen LogP contribution in [0.5, 0.6) is 5.75 Å². The molecule has 94 valence electrons. The zero-order chi connectivity index (χ0) is 13.1. The number of halogens is 4. The molecule has 6 heteroatoms. The Bertz CT molecular complexity index is 422. The van der Waals surface area contributed by atoms with E-state index < -0.39 is 24.0 Å². The predicted molar refractivity (Wildman–Crippen MR) is 60.0 cm³/mol. The third-order valence-corrected chi connectivity index (χ3v) is 2.06. The predicted octanol–water partition coefficient (Wildman–Crippen LogP) is 3.23. The Labute approximate surface area is 97.1 Å². The fourth-order valence-corrected chi connectivity index (χ4v) is 1.20. The zero-order valence-corrected chi connectivity index (χ0v) is 9.51. The molecule has 0 spiro atoms. The summed E-state index contributed by atoms with van der Waals surface area (Å²) in [6.45, 7) is -1.62. The van der Waals surface area contributed by atoms with E-state index in [2.05, 4.69) is 0 Å². The summed E-state index contributed by atoms with van der Waals surface area (Å²) in [5, 5.41) is 0. The standard InChI is InChI=1S/C11H12BF4O/c1-8(2)5-6-17-11-7-9(13)3-4-10(11)12(14,15)16/h3-5,7H,6H2,1-2H3/q-1. The van der Waals surface area contributed by atoms with E-state index in [9.17, 15) is 17.3 Å². The highest BCUT2D eigenvalue weighted by atomic mass is 19.4. The average Bonchev–Trinajstić information content (AvgIpc) is 2.15. The fraction of sp³-hybridized carbons (Fsp3) is 0.273. The molecular formula is C11H12BF4O-. The van der Waals surface area contributed by atoms with Gasteiger partial charge in [-0.25, -0.2) is 4.39 Å². The van der Waals surface area contributed by atoms with Crippen LogP contribution >= 0.6 is 0 Å². The number of rotatable bonds is 4. The van der Waals surface area contributed by atoms with Crippen molar-refractivity contribution in [2.75, 3.05) is 6.61 Å². The monoisotopic (exact) mass is 247 g/mol. The van der Waals surface area contributed by atoms with Crippen LogP contribution in [0.2, 0.25) is 0 Å². The van der Waals surface area contributed by atoms with E-state index in [1.54, 1.807) is 19.9 Å². The van der Waals surface area contributed by atoms with Crippen LogP contribution in [0.15, 0.2) is 29.8 Å². The smallest absolute Gasteiger partial charge is 0.492 e. The summed E-state index contributed by atoms with van der Waals surface area (Å²) in [6, 6.07) is 2.23. The van der Waals surface area contributed by atoms with Crippen LogP contribution in [-0.4, -0.2) is 13.6 Å². The fourth-order valence-electron chi connectivity index (χ4n) is 1.20. The van der Waals surface area contributed by atoms with Crippen molar-refractivity contribution < 1.29 is 22.1 Å². The van der Waals surface area contributed by atoms with Crippen molar-refractivity contribution in [3.63, 3.8) is 0 Å². The van der Waals surface area contributed by atoms with Gasteiger partial charge < -0.3 is 17.7 Å². The molecule has 0 aliphatic heterocycles. The van der Waals surface area contributed by atoms with E-state index in [1.165, 1.54) is 0 Å². The first-order valence-electron chi connectivity index (χ1n) is 5.06. The molecule has 17 heavy (non-hydrogen) atoms. The molecule has 0 heterocycles. The highest BCUT2D eigenvalue weighted by molar-refractivity contribution is 6.74. The van der Waals surface area contributed by atoms with Gasteiger partial charge in [-0.15, -0.1) is 0 Å². The van der Waals surface area contributed by atoms with Gasteiger partial charge in [-0.05, 0) is 26.0 Å². The Balaban J connectivity index is 2.96. The van der Waals surface area contributed by atoms with Gasteiger partial charge in [0.05, 0.1) is 5.75 Å². The molecule has 0 atom stereocenters. The molecule has 0 radical (unpaired) electrons. The van der Waals surface area contributed by atoms with E-state index in [0.29, 0.717) is 6.07 Å². The van der Waals surface area contributed by atoms with Gasteiger partial charge in [0.2, 0.25) is 0 Å². The second-order valence-electron chi connectivity index (χ2n) is 3.85. The molecule has 0 aliphatic carbocycles. The maximum absolute atomic E-state index is 12.9. The Hall–Kier alpha value is -1.46.